The Labute approximate surface area is 145 Å². The van der Waals surface area contributed by atoms with Gasteiger partial charge < -0.3 is 4.90 Å². The van der Waals surface area contributed by atoms with E-state index in [1.807, 2.05) is 36.0 Å². The number of fused-ring (bicyclic) bond motifs is 1. The van der Waals surface area contributed by atoms with Gasteiger partial charge in [0.05, 0.1) is 5.69 Å². The first-order valence-electron chi connectivity index (χ1n) is 8.24. The van der Waals surface area contributed by atoms with E-state index in [1.54, 1.807) is 4.90 Å². The van der Waals surface area contributed by atoms with Crippen LogP contribution in [0, 0.1) is 0 Å². The Balaban J connectivity index is 2.07. The lowest BCUT2D eigenvalue weighted by molar-refractivity contribution is 0.0787. The Hall–Kier alpha value is -1.62. The van der Waals surface area contributed by atoms with Crippen molar-refractivity contribution in [3.8, 4) is 5.69 Å². The minimum Gasteiger partial charge on any atom is -0.340 e. The van der Waals surface area contributed by atoms with Gasteiger partial charge in [0.1, 0.15) is 0 Å². The van der Waals surface area contributed by atoms with E-state index in [4.69, 9.17) is 5.10 Å². The van der Waals surface area contributed by atoms with Gasteiger partial charge in [-0.1, -0.05) is 28.9 Å². The zero-order valence-electron chi connectivity index (χ0n) is 13.7. The largest absolute Gasteiger partial charge is 0.340 e. The fourth-order valence-corrected chi connectivity index (χ4v) is 3.60. The van der Waals surface area contributed by atoms with Gasteiger partial charge in [-0.2, -0.15) is 5.10 Å². The molecule has 0 saturated carbocycles. The third-order valence-corrected chi connectivity index (χ3v) is 4.83. The van der Waals surface area contributed by atoms with E-state index >= 15 is 0 Å². The number of carbonyl (C=O) groups excluding carboxylic acids is 1. The van der Waals surface area contributed by atoms with E-state index in [9.17, 15) is 4.79 Å². The van der Waals surface area contributed by atoms with E-state index in [0.29, 0.717) is 5.69 Å². The summed E-state index contributed by atoms with van der Waals surface area (Å²) in [5, 5.41) is 4.71. The molecule has 0 spiro atoms. The van der Waals surface area contributed by atoms with Crippen molar-refractivity contribution in [1.29, 1.82) is 0 Å². The highest BCUT2D eigenvalue weighted by molar-refractivity contribution is 9.10. The quantitative estimate of drug-likeness (QED) is 0.809. The molecule has 0 radical (unpaired) electrons. The fraction of sp³-hybridized carbons (Fsp3) is 0.444. The molecule has 5 heteroatoms. The van der Waals surface area contributed by atoms with Gasteiger partial charge in [0.25, 0.3) is 5.91 Å². The van der Waals surface area contributed by atoms with E-state index in [0.717, 1.165) is 54.4 Å². The van der Waals surface area contributed by atoms with Crippen LogP contribution in [0.5, 0.6) is 0 Å². The van der Waals surface area contributed by atoms with Crippen LogP contribution in [0.1, 0.15) is 47.9 Å². The molecule has 0 atom stereocenters. The van der Waals surface area contributed by atoms with E-state index in [2.05, 4.69) is 22.9 Å². The van der Waals surface area contributed by atoms with Crippen molar-refractivity contribution >= 4 is 21.8 Å². The SMILES string of the molecule is CCCN(C)C(=O)c1nn(-c2cccc(Br)c2)c2c1CCCC2. The minimum absolute atomic E-state index is 0.0405. The van der Waals surface area contributed by atoms with E-state index < -0.39 is 0 Å². The molecule has 1 aromatic carbocycles. The summed E-state index contributed by atoms with van der Waals surface area (Å²) in [5.74, 6) is 0.0405. The molecule has 3 rings (SSSR count). The highest BCUT2D eigenvalue weighted by Crippen LogP contribution is 2.28. The van der Waals surface area contributed by atoms with Gasteiger partial charge in [0.15, 0.2) is 5.69 Å². The summed E-state index contributed by atoms with van der Waals surface area (Å²) in [7, 11) is 1.86. The number of carbonyl (C=O) groups is 1. The maximum Gasteiger partial charge on any atom is 0.274 e. The number of nitrogens with zero attached hydrogens (tertiary/aromatic N) is 3. The fourth-order valence-electron chi connectivity index (χ4n) is 3.21. The smallest absolute Gasteiger partial charge is 0.274 e. The van der Waals surface area contributed by atoms with Crippen LogP contribution >= 0.6 is 15.9 Å². The van der Waals surface area contributed by atoms with Gasteiger partial charge >= 0.3 is 0 Å². The molecule has 0 fully saturated rings. The maximum atomic E-state index is 12.8. The van der Waals surface area contributed by atoms with Crippen LogP contribution in [0.25, 0.3) is 5.69 Å². The minimum atomic E-state index is 0.0405. The average molecular weight is 376 g/mol. The third kappa shape index (κ3) is 3.20. The van der Waals surface area contributed by atoms with Crippen molar-refractivity contribution in [2.45, 2.75) is 39.0 Å². The standard InChI is InChI=1S/C18H22BrN3O/c1-3-11-21(2)18(23)17-15-9-4-5-10-16(15)22(20-17)14-8-6-7-13(19)12-14/h6-8,12H,3-5,9-11H2,1-2H3. The first-order valence-corrected chi connectivity index (χ1v) is 9.03. The third-order valence-electron chi connectivity index (χ3n) is 4.34. The average Bonchev–Trinajstić information content (AvgIpc) is 2.94. The van der Waals surface area contributed by atoms with Crippen LogP contribution in [0.3, 0.4) is 0 Å². The summed E-state index contributed by atoms with van der Waals surface area (Å²) in [5.41, 5.74) is 3.98. The lowest BCUT2D eigenvalue weighted by Crippen LogP contribution is -2.28. The van der Waals surface area contributed by atoms with Gasteiger partial charge in [-0.25, -0.2) is 4.68 Å². The Kier molecular flexibility index (Phi) is 4.85. The number of amides is 1. The lowest BCUT2D eigenvalue weighted by atomic mass is 9.95. The van der Waals surface area contributed by atoms with Crippen LogP contribution in [0.2, 0.25) is 0 Å². The van der Waals surface area contributed by atoms with Gasteiger partial charge in [-0.05, 0) is 50.3 Å². The molecule has 1 amide bonds. The molecule has 2 aromatic rings. The molecule has 1 aromatic heterocycles. The molecular formula is C18H22BrN3O. The van der Waals surface area contributed by atoms with Crippen molar-refractivity contribution in [3.63, 3.8) is 0 Å². The molecule has 1 heterocycles. The van der Waals surface area contributed by atoms with Crippen molar-refractivity contribution < 1.29 is 4.79 Å². The summed E-state index contributed by atoms with van der Waals surface area (Å²) in [6.45, 7) is 2.84. The van der Waals surface area contributed by atoms with Crippen LogP contribution in [0.15, 0.2) is 28.7 Å². The first-order chi connectivity index (χ1) is 11.1. The topological polar surface area (TPSA) is 38.1 Å². The second-order valence-electron chi connectivity index (χ2n) is 6.10. The predicted octanol–water partition coefficient (Wildman–Crippen LogP) is 4.00. The second-order valence-corrected chi connectivity index (χ2v) is 7.02. The zero-order valence-corrected chi connectivity index (χ0v) is 15.3. The van der Waals surface area contributed by atoms with Gasteiger partial charge in [-0.3, -0.25) is 4.79 Å². The number of aromatic nitrogens is 2. The Morgan fingerprint density at radius 2 is 2.13 bits per heavy atom. The highest BCUT2D eigenvalue weighted by atomic mass is 79.9. The summed E-state index contributed by atoms with van der Waals surface area (Å²) in [6.07, 6.45) is 5.18. The van der Waals surface area contributed by atoms with Crippen LogP contribution in [-0.2, 0) is 12.8 Å². The normalized spacial score (nSPS) is 13.7. The lowest BCUT2D eigenvalue weighted by Gasteiger charge is -2.17. The number of hydrogen-bond donors (Lipinski definition) is 0. The number of halogens is 1. The van der Waals surface area contributed by atoms with Crippen molar-refractivity contribution in [2.75, 3.05) is 13.6 Å². The molecule has 1 aliphatic rings. The summed E-state index contributed by atoms with van der Waals surface area (Å²) >= 11 is 3.52. The molecule has 0 saturated heterocycles. The number of rotatable bonds is 4. The van der Waals surface area contributed by atoms with Crippen LogP contribution in [0.4, 0.5) is 0 Å². The summed E-state index contributed by atoms with van der Waals surface area (Å²) in [4.78, 5) is 14.5. The number of hydrogen-bond acceptors (Lipinski definition) is 2. The van der Waals surface area contributed by atoms with E-state index in [-0.39, 0.29) is 5.91 Å². The second kappa shape index (κ2) is 6.87. The molecule has 1 aliphatic carbocycles. The van der Waals surface area contributed by atoms with Crippen LogP contribution in [-0.4, -0.2) is 34.2 Å². The Bertz CT molecular complexity index is 723. The molecule has 0 aliphatic heterocycles. The van der Waals surface area contributed by atoms with Crippen LogP contribution < -0.4 is 0 Å². The highest BCUT2D eigenvalue weighted by Gasteiger charge is 2.27. The molecule has 0 N–H and O–H groups in total. The zero-order chi connectivity index (χ0) is 16.4. The molecule has 0 bridgehead atoms. The van der Waals surface area contributed by atoms with Gasteiger partial charge in [0.2, 0.25) is 0 Å². The monoisotopic (exact) mass is 375 g/mol. The Morgan fingerprint density at radius 3 is 2.87 bits per heavy atom. The predicted molar refractivity (Wildman–Crippen MR) is 95.2 cm³/mol. The first kappa shape index (κ1) is 16.2. The van der Waals surface area contributed by atoms with Crippen molar-refractivity contribution in [2.24, 2.45) is 0 Å². The van der Waals surface area contributed by atoms with Crippen molar-refractivity contribution in [1.82, 2.24) is 14.7 Å². The summed E-state index contributed by atoms with van der Waals surface area (Å²) in [6, 6.07) is 8.09. The Morgan fingerprint density at radius 1 is 1.35 bits per heavy atom. The van der Waals surface area contributed by atoms with Gasteiger partial charge in [0, 0.05) is 29.3 Å². The van der Waals surface area contributed by atoms with Gasteiger partial charge in [-0.15, -0.1) is 0 Å². The summed E-state index contributed by atoms with van der Waals surface area (Å²) < 4.78 is 2.98. The molecule has 4 nitrogen and oxygen atoms in total. The molecule has 122 valence electrons. The maximum absolute atomic E-state index is 12.8. The molecule has 23 heavy (non-hydrogen) atoms. The number of benzene rings is 1. The molecule has 0 unspecified atom stereocenters. The molecular weight excluding hydrogens is 354 g/mol. The van der Waals surface area contributed by atoms with E-state index in [1.165, 1.54) is 5.69 Å². The van der Waals surface area contributed by atoms with Crippen molar-refractivity contribution in [3.05, 3.63) is 45.7 Å².